The molecular weight excluding hydrogens is 461 g/mol. The van der Waals surface area contributed by atoms with Gasteiger partial charge in [0.05, 0.1) is 25.6 Å². The number of methoxy groups -OCH3 is 1. The normalized spacial score (nSPS) is 21.0. The zero-order valence-electron chi connectivity index (χ0n) is 19.4. The third-order valence-electron chi connectivity index (χ3n) is 7.03. The lowest BCUT2D eigenvalue weighted by Gasteiger charge is -2.44. The molecule has 2 saturated heterocycles. The van der Waals surface area contributed by atoms with Crippen LogP contribution in [0.4, 0.5) is 13.2 Å². The van der Waals surface area contributed by atoms with E-state index in [-0.39, 0.29) is 29.4 Å². The number of nitrogens with zero attached hydrogens (tertiary/aromatic N) is 4. The summed E-state index contributed by atoms with van der Waals surface area (Å²) in [7, 11) is 1.50. The van der Waals surface area contributed by atoms with E-state index in [1.54, 1.807) is 24.3 Å². The molecule has 2 fully saturated rings. The molecule has 10 heteroatoms. The van der Waals surface area contributed by atoms with Crippen molar-refractivity contribution in [2.24, 2.45) is 5.92 Å². The molecule has 0 unspecified atom stereocenters. The van der Waals surface area contributed by atoms with Gasteiger partial charge in [-0.1, -0.05) is 6.42 Å². The van der Waals surface area contributed by atoms with Gasteiger partial charge in [0.1, 0.15) is 11.3 Å². The van der Waals surface area contributed by atoms with Crippen molar-refractivity contribution in [3.8, 4) is 17.0 Å². The molecule has 186 valence electrons. The number of piperidine rings is 2. The van der Waals surface area contributed by atoms with Gasteiger partial charge in [-0.15, -0.1) is 0 Å². The highest BCUT2D eigenvalue weighted by atomic mass is 19.4. The Morgan fingerprint density at radius 1 is 1.11 bits per heavy atom. The second-order valence-corrected chi connectivity index (χ2v) is 9.15. The summed E-state index contributed by atoms with van der Waals surface area (Å²) in [6.07, 6.45) is 1.87. The molecule has 0 saturated carbocycles. The van der Waals surface area contributed by atoms with Crippen LogP contribution in [-0.2, 0) is 10.9 Å². The zero-order chi connectivity index (χ0) is 24.6. The molecule has 7 nitrogen and oxygen atoms in total. The molecule has 0 amide bonds. The quantitative estimate of drug-likeness (QED) is 0.479. The van der Waals surface area contributed by atoms with Gasteiger partial charge in [0.15, 0.2) is 11.3 Å². The van der Waals surface area contributed by atoms with Crippen LogP contribution in [-0.4, -0.2) is 58.3 Å². The standard InChI is InChI=1S/C25H27F3N4O3/c1-34-18-9-7-16(8-10-18)20-13-22(25(26,27)28)32-23(30-20)19(14-29-32)24(33)35-15-17-5-4-12-31-11-3-2-6-21(17)31/h7-10,13-14,17,21H,2-6,11-12,15H2,1H3/t17-,21+/m0/s1. The molecule has 2 atom stereocenters. The molecular formula is C25H27F3N4O3. The molecule has 2 aromatic heterocycles. The molecule has 4 heterocycles. The van der Waals surface area contributed by atoms with Crippen LogP contribution in [0.3, 0.4) is 0 Å². The van der Waals surface area contributed by atoms with Gasteiger partial charge in [-0.25, -0.2) is 14.3 Å². The summed E-state index contributed by atoms with van der Waals surface area (Å²) in [5.74, 6) is 0.0857. The van der Waals surface area contributed by atoms with E-state index in [9.17, 15) is 18.0 Å². The van der Waals surface area contributed by atoms with Gasteiger partial charge in [-0.3, -0.25) is 4.90 Å². The molecule has 0 spiro atoms. The second kappa shape index (κ2) is 9.49. The van der Waals surface area contributed by atoms with Crippen LogP contribution in [0.15, 0.2) is 36.5 Å². The van der Waals surface area contributed by atoms with E-state index in [4.69, 9.17) is 9.47 Å². The number of rotatable bonds is 5. The number of benzene rings is 1. The lowest BCUT2D eigenvalue weighted by atomic mass is 9.84. The fraction of sp³-hybridized carbons (Fsp3) is 0.480. The van der Waals surface area contributed by atoms with Gasteiger partial charge < -0.3 is 9.47 Å². The predicted octanol–water partition coefficient (Wildman–Crippen LogP) is 4.85. The summed E-state index contributed by atoms with van der Waals surface area (Å²) in [4.78, 5) is 19.8. The van der Waals surface area contributed by atoms with Crippen molar-refractivity contribution in [1.82, 2.24) is 19.5 Å². The first-order valence-electron chi connectivity index (χ1n) is 11.9. The average Bonchev–Trinajstić information content (AvgIpc) is 3.30. The molecule has 3 aromatic rings. The monoisotopic (exact) mass is 488 g/mol. The smallest absolute Gasteiger partial charge is 0.433 e. The van der Waals surface area contributed by atoms with Crippen LogP contribution >= 0.6 is 0 Å². The van der Waals surface area contributed by atoms with Crippen LogP contribution in [0.5, 0.6) is 5.75 Å². The second-order valence-electron chi connectivity index (χ2n) is 9.15. The SMILES string of the molecule is COc1ccc(-c2cc(C(F)(F)F)n3ncc(C(=O)OC[C@@H]4CCCN5CCCC[C@H]45)c3n2)cc1. The molecule has 5 rings (SSSR count). The maximum Gasteiger partial charge on any atom is 0.433 e. The van der Waals surface area contributed by atoms with E-state index in [1.807, 2.05) is 0 Å². The van der Waals surface area contributed by atoms with Gasteiger partial charge in [0, 0.05) is 17.5 Å². The molecule has 1 aromatic carbocycles. The number of ether oxygens (including phenoxy) is 2. The maximum absolute atomic E-state index is 13.9. The van der Waals surface area contributed by atoms with Gasteiger partial charge >= 0.3 is 12.1 Å². The van der Waals surface area contributed by atoms with E-state index < -0.39 is 17.8 Å². The van der Waals surface area contributed by atoms with Crippen LogP contribution < -0.4 is 4.74 Å². The largest absolute Gasteiger partial charge is 0.497 e. The first kappa shape index (κ1) is 23.6. The lowest BCUT2D eigenvalue weighted by Crippen LogP contribution is -2.49. The third kappa shape index (κ3) is 4.71. The van der Waals surface area contributed by atoms with Gasteiger partial charge in [0.2, 0.25) is 0 Å². The molecule has 2 aliphatic heterocycles. The Kier molecular flexibility index (Phi) is 6.39. The predicted molar refractivity (Wildman–Crippen MR) is 122 cm³/mol. The summed E-state index contributed by atoms with van der Waals surface area (Å²) < 4.78 is 53.0. The summed E-state index contributed by atoms with van der Waals surface area (Å²) in [6, 6.07) is 7.83. The van der Waals surface area contributed by atoms with Crippen LogP contribution in [0.25, 0.3) is 16.9 Å². The van der Waals surface area contributed by atoms with Crippen molar-refractivity contribution in [1.29, 1.82) is 0 Å². The Labute approximate surface area is 200 Å². The maximum atomic E-state index is 13.9. The Balaban J connectivity index is 1.44. The van der Waals surface area contributed by atoms with E-state index in [0.29, 0.717) is 21.9 Å². The van der Waals surface area contributed by atoms with Crippen molar-refractivity contribution >= 4 is 11.6 Å². The first-order valence-corrected chi connectivity index (χ1v) is 11.9. The van der Waals surface area contributed by atoms with Gasteiger partial charge in [-0.05, 0) is 69.1 Å². The van der Waals surface area contributed by atoms with E-state index in [0.717, 1.165) is 51.0 Å². The summed E-state index contributed by atoms with van der Waals surface area (Å²) >= 11 is 0. The molecule has 0 N–H and O–H groups in total. The van der Waals surface area contributed by atoms with Crippen molar-refractivity contribution in [2.75, 3.05) is 26.8 Å². The Morgan fingerprint density at radius 3 is 2.63 bits per heavy atom. The number of esters is 1. The molecule has 35 heavy (non-hydrogen) atoms. The van der Waals surface area contributed by atoms with Crippen molar-refractivity contribution in [3.63, 3.8) is 0 Å². The summed E-state index contributed by atoms with van der Waals surface area (Å²) in [5.41, 5.74) is -0.746. The van der Waals surface area contributed by atoms with Crippen LogP contribution in [0.2, 0.25) is 0 Å². The van der Waals surface area contributed by atoms with Crippen LogP contribution in [0.1, 0.15) is 48.2 Å². The Morgan fingerprint density at radius 2 is 1.89 bits per heavy atom. The third-order valence-corrected chi connectivity index (χ3v) is 7.03. The first-order chi connectivity index (χ1) is 16.8. The van der Waals surface area contributed by atoms with Gasteiger partial charge in [-0.2, -0.15) is 18.3 Å². The highest BCUT2D eigenvalue weighted by Gasteiger charge is 2.37. The highest BCUT2D eigenvalue weighted by molar-refractivity contribution is 5.96. The Hall–Kier alpha value is -3.14. The minimum atomic E-state index is -4.69. The molecule has 0 bridgehead atoms. The minimum absolute atomic E-state index is 0.0761. The van der Waals surface area contributed by atoms with Crippen molar-refractivity contribution in [3.05, 3.63) is 47.8 Å². The van der Waals surface area contributed by atoms with E-state index in [1.165, 1.54) is 13.5 Å². The van der Waals surface area contributed by atoms with Crippen molar-refractivity contribution < 1.29 is 27.4 Å². The number of carbonyl (C=O) groups excluding carboxylic acids is 1. The van der Waals surface area contributed by atoms with Crippen LogP contribution in [0, 0.1) is 5.92 Å². The number of alkyl halides is 3. The fourth-order valence-corrected chi connectivity index (χ4v) is 5.25. The zero-order valence-corrected chi connectivity index (χ0v) is 19.4. The minimum Gasteiger partial charge on any atom is -0.497 e. The highest BCUT2D eigenvalue weighted by Crippen LogP contribution is 2.34. The average molecular weight is 489 g/mol. The van der Waals surface area contributed by atoms with E-state index >= 15 is 0 Å². The Bertz CT molecular complexity index is 1210. The topological polar surface area (TPSA) is 69.0 Å². The molecule has 2 aliphatic rings. The number of halogens is 3. The fourth-order valence-electron chi connectivity index (χ4n) is 5.25. The van der Waals surface area contributed by atoms with E-state index in [2.05, 4.69) is 15.0 Å². The van der Waals surface area contributed by atoms with Gasteiger partial charge in [0.25, 0.3) is 0 Å². The number of hydrogen-bond donors (Lipinski definition) is 0. The molecule has 0 aliphatic carbocycles. The number of fused-ring (bicyclic) bond motifs is 2. The number of aromatic nitrogens is 3. The lowest BCUT2D eigenvalue weighted by molar-refractivity contribution is -0.142. The summed E-state index contributed by atoms with van der Waals surface area (Å²) in [5, 5.41) is 3.83. The molecule has 0 radical (unpaired) electrons. The number of carbonyl (C=O) groups is 1. The number of hydrogen-bond acceptors (Lipinski definition) is 6. The summed E-state index contributed by atoms with van der Waals surface area (Å²) in [6.45, 7) is 2.38. The van der Waals surface area contributed by atoms with Crippen molar-refractivity contribution in [2.45, 2.75) is 44.3 Å².